The Morgan fingerprint density at radius 1 is 1.26 bits per heavy atom. The summed E-state index contributed by atoms with van der Waals surface area (Å²) in [4.78, 5) is 15.9. The van der Waals surface area contributed by atoms with Crippen LogP contribution in [0.3, 0.4) is 0 Å². The standard InChI is InChI=1S/C22H22BrN3O4S/c1-3-29-21(27)11-18-14-31-22(25-18)26-24-12-15-4-9-20(28-2)16(10-15)13-30-19-7-5-17(23)6-8-19/h4-10,12,14H,3,11,13H2,1-2H3,(H,25,26). The first-order valence-corrected chi connectivity index (χ1v) is 11.2. The first-order chi connectivity index (χ1) is 15.1. The maximum Gasteiger partial charge on any atom is 0.311 e. The third-order valence-corrected chi connectivity index (χ3v) is 5.39. The van der Waals surface area contributed by atoms with Crippen LogP contribution in [0.1, 0.15) is 23.7 Å². The lowest BCUT2D eigenvalue weighted by molar-refractivity contribution is -0.142. The number of anilines is 1. The highest BCUT2D eigenvalue weighted by atomic mass is 79.9. The van der Waals surface area contributed by atoms with Gasteiger partial charge in [0.15, 0.2) is 0 Å². The number of esters is 1. The van der Waals surface area contributed by atoms with E-state index in [1.54, 1.807) is 25.6 Å². The Morgan fingerprint density at radius 2 is 2.06 bits per heavy atom. The average molecular weight is 504 g/mol. The number of thiazole rings is 1. The summed E-state index contributed by atoms with van der Waals surface area (Å²) in [5.41, 5.74) is 5.32. The van der Waals surface area contributed by atoms with Gasteiger partial charge >= 0.3 is 5.97 Å². The van der Waals surface area contributed by atoms with Gasteiger partial charge in [0.05, 0.1) is 32.0 Å². The highest BCUT2D eigenvalue weighted by Crippen LogP contribution is 2.23. The van der Waals surface area contributed by atoms with Crippen LogP contribution in [0.4, 0.5) is 5.13 Å². The van der Waals surface area contributed by atoms with Crippen LogP contribution in [0.25, 0.3) is 0 Å². The summed E-state index contributed by atoms with van der Waals surface area (Å²) in [6.45, 7) is 2.50. The van der Waals surface area contributed by atoms with Gasteiger partial charge in [0.1, 0.15) is 18.1 Å². The van der Waals surface area contributed by atoms with Crippen LogP contribution in [-0.4, -0.2) is 30.9 Å². The molecule has 0 amide bonds. The van der Waals surface area contributed by atoms with Gasteiger partial charge in [-0.05, 0) is 55.0 Å². The Morgan fingerprint density at radius 3 is 2.81 bits per heavy atom. The Balaban J connectivity index is 1.60. The van der Waals surface area contributed by atoms with Crippen molar-refractivity contribution in [3.63, 3.8) is 0 Å². The molecule has 1 aromatic heterocycles. The van der Waals surface area contributed by atoms with Crippen molar-refractivity contribution in [2.24, 2.45) is 5.10 Å². The number of hydrogen-bond donors (Lipinski definition) is 1. The molecular weight excluding hydrogens is 482 g/mol. The van der Waals surface area contributed by atoms with Gasteiger partial charge in [0, 0.05) is 15.4 Å². The maximum absolute atomic E-state index is 11.5. The molecule has 0 aliphatic heterocycles. The van der Waals surface area contributed by atoms with Gasteiger partial charge in [-0.1, -0.05) is 15.9 Å². The molecule has 2 aromatic carbocycles. The molecular formula is C22H22BrN3O4S. The fourth-order valence-electron chi connectivity index (χ4n) is 2.64. The quantitative estimate of drug-likeness (QED) is 0.237. The van der Waals surface area contributed by atoms with Crippen molar-refractivity contribution in [3.8, 4) is 11.5 Å². The van der Waals surface area contributed by atoms with Crippen molar-refractivity contribution >= 4 is 44.6 Å². The molecule has 7 nitrogen and oxygen atoms in total. The number of aromatic nitrogens is 1. The first-order valence-electron chi connectivity index (χ1n) is 9.51. The van der Waals surface area contributed by atoms with E-state index in [2.05, 4.69) is 31.4 Å². The summed E-state index contributed by atoms with van der Waals surface area (Å²) >= 11 is 4.79. The van der Waals surface area contributed by atoms with Crippen LogP contribution in [-0.2, 0) is 22.6 Å². The van der Waals surface area contributed by atoms with Gasteiger partial charge in [-0.25, -0.2) is 4.98 Å². The van der Waals surface area contributed by atoms with Crippen LogP contribution in [0.2, 0.25) is 0 Å². The topological polar surface area (TPSA) is 82.0 Å². The molecule has 3 rings (SSSR count). The molecule has 0 bridgehead atoms. The molecule has 0 saturated heterocycles. The number of rotatable bonds is 10. The third-order valence-electron chi connectivity index (χ3n) is 4.07. The molecule has 31 heavy (non-hydrogen) atoms. The number of halogens is 1. The van der Waals surface area contributed by atoms with E-state index in [1.807, 2.05) is 42.5 Å². The molecule has 0 fully saturated rings. The van der Waals surface area contributed by atoms with Crippen LogP contribution < -0.4 is 14.9 Å². The maximum atomic E-state index is 11.5. The average Bonchev–Trinajstić information content (AvgIpc) is 3.20. The van der Waals surface area contributed by atoms with E-state index >= 15 is 0 Å². The number of hydrogen-bond acceptors (Lipinski definition) is 8. The Bertz CT molecular complexity index is 1040. The molecule has 9 heteroatoms. The first kappa shape index (κ1) is 22.8. The zero-order valence-corrected chi connectivity index (χ0v) is 19.5. The molecule has 0 aliphatic carbocycles. The largest absolute Gasteiger partial charge is 0.496 e. The van der Waals surface area contributed by atoms with Crippen molar-refractivity contribution < 1.29 is 19.0 Å². The number of methoxy groups -OCH3 is 1. The Labute approximate surface area is 193 Å². The third kappa shape index (κ3) is 7.08. The second-order valence-electron chi connectivity index (χ2n) is 6.31. The van der Waals surface area contributed by atoms with Gasteiger partial charge < -0.3 is 14.2 Å². The van der Waals surface area contributed by atoms with E-state index in [4.69, 9.17) is 14.2 Å². The van der Waals surface area contributed by atoms with Crippen LogP contribution in [0.5, 0.6) is 11.5 Å². The zero-order valence-electron chi connectivity index (χ0n) is 17.1. The molecule has 0 saturated carbocycles. The molecule has 0 spiro atoms. The number of ether oxygens (including phenoxy) is 3. The van der Waals surface area contributed by atoms with Gasteiger partial charge in [-0.15, -0.1) is 11.3 Å². The molecule has 0 aliphatic rings. The summed E-state index contributed by atoms with van der Waals surface area (Å²) < 4.78 is 17.2. The number of nitrogens with zero attached hydrogens (tertiary/aromatic N) is 2. The van der Waals surface area contributed by atoms with E-state index in [-0.39, 0.29) is 12.4 Å². The zero-order chi connectivity index (χ0) is 22.1. The van der Waals surface area contributed by atoms with Gasteiger partial charge in [0.25, 0.3) is 0 Å². The van der Waals surface area contributed by atoms with Crippen molar-refractivity contribution in [3.05, 3.63) is 69.1 Å². The second-order valence-corrected chi connectivity index (χ2v) is 8.08. The van der Waals surface area contributed by atoms with Crippen molar-refractivity contribution in [2.75, 3.05) is 19.1 Å². The summed E-state index contributed by atoms with van der Waals surface area (Å²) in [7, 11) is 1.63. The minimum Gasteiger partial charge on any atom is -0.496 e. The monoisotopic (exact) mass is 503 g/mol. The predicted octanol–water partition coefficient (Wildman–Crippen LogP) is 5.04. The van der Waals surface area contributed by atoms with Gasteiger partial charge in [-0.3, -0.25) is 10.2 Å². The highest BCUT2D eigenvalue weighted by Gasteiger charge is 2.08. The number of nitrogens with one attached hydrogen (secondary N) is 1. The van der Waals surface area contributed by atoms with Crippen LogP contribution >= 0.6 is 27.3 Å². The Hall–Kier alpha value is -2.91. The second kappa shape index (κ2) is 11.5. The lowest BCUT2D eigenvalue weighted by atomic mass is 10.1. The van der Waals surface area contributed by atoms with E-state index < -0.39 is 0 Å². The fourth-order valence-corrected chi connectivity index (χ4v) is 3.57. The molecule has 0 radical (unpaired) electrons. The minimum atomic E-state index is -0.293. The summed E-state index contributed by atoms with van der Waals surface area (Å²) in [6.07, 6.45) is 1.84. The highest BCUT2D eigenvalue weighted by molar-refractivity contribution is 9.10. The molecule has 1 N–H and O–H groups in total. The smallest absolute Gasteiger partial charge is 0.311 e. The van der Waals surface area contributed by atoms with Crippen LogP contribution in [0, 0.1) is 0 Å². The van der Waals surface area contributed by atoms with Gasteiger partial charge in [-0.2, -0.15) is 5.10 Å². The normalized spacial score (nSPS) is 10.8. The van der Waals surface area contributed by atoms with E-state index in [9.17, 15) is 4.79 Å². The predicted molar refractivity (Wildman–Crippen MR) is 125 cm³/mol. The summed E-state index contributed by atoms with van der Waals surface area (Å²) in [5, 5.41) is 6.64. The van der Waals surface area contributed by atoms with Crippen LogP contribution in [0.15, 0.2) is 57.4 Å². The lowest BCUT2D eigenvalue weighted by Gasteiger charge is -2.11. The minimum absolute atomic E-state index is 0.149. The van der Waals surface area contributed by atoms with E-state index in [1.165, 1.54) is 11.3 Å². The SMILES string of the molecule is CCOC(=O)Cc1csc(NN=Cc2ccc(OC)c(COc3ccc(Br)cc3)c2)n1. The molecule has 0 atom stereocenters. The van der Waals surface area contributed by atoms with Crippen molar-refractivity contribution in [1.29, 1.82) is 0 Å². The van der Waals surface area contributed by atoms with E-state index in [0.717, 1.165) is 27.1 Å². The van der Waals surface area contributed by atoms with Gasteiger partial charge in [0.2, 0.25) is 5.13 Å². The summed E-state index contributed by atoms with van der Waals surface area (Å²) in [5.74, 6) is 1.22. The molecule has 162 valence electrons. The summed E-state index contributed by atoms with van der Waals surface area (Å²) in [6, 6.07) is 13.4. The number of carbonyl (C=O) groups excluding carboxylic acids is 1. The molecule has 0 unspecified atom stereocenters. The van der Waals surface area contributed by atoms with E-state index in [0.29, 0.717) is 24.0 Å². The fraction of sp³-hybridized carbons (Fsp3) is 0.227. The van der Waals surface area contributed by atoms with Crippen molar-refractivity contribution in [2.45, 2.75) is 20.0 Å². The number of hydrazone groups is 1. The molecule has 1 heterocycles. The number of carbonyl (C=O) groups is 1. The Kier molecular flexibility index (Phi) is 8.43. The van der Waals surface area contributed by atoms with Crippen molar-refractivity contribution in [1.82, 2.24) is 4.98 Å². The number of benzene rings is 2. The molecule has 3 aromatic rings. The lowest BCUT2D eigenvalue weighted by Crippen LogP contribution is -2.07.